The maximum absolute atomic E-state index is 11.0. The molecule has 19 heavy (non-hydrogen) atoms. The highest BCUT2D eigenvalue weighted by Gasteiger charge is 2.12. The van der Waals surface area contributed by atoms with Crippen molar-refractivity contribution in [1.29, 1.82) is 0 Å². The summed E-state index contributed by atoms with van der Waals surface area (Å²) >= 11 is 7.22. The summed E-state index contributed by atoms with van der Waals surface area (Å²) in [6.45, 7) is 4.05. The molecule has 98 valence electrons. The third-order valence-corrected chi connectivity index (χ3v) is 3.99. The Morgan fingerprint density at radius 1 is 1.26 bits per heavy atom. The number of nitrogens with zero attached hydrogens (tertiary/aromatic N) is 1. The van der Waals surface area contributed by atoms with E-state index in [9.17, 15) is 4.79 Å². The first-order valence-corrected chi connectivity index (χ1v) is 6.82. The van der Waals surface area contributed by atoms with E-state index in [4.69, 9.17) is 16.7 Å². The molecule has 1 aromatic carbocycles. The van der Waals surface area contributed by atoms with Gasteiger partial charge in [0.15, 0.2) is 5.69 Å². The first-order chi connectivity index (χ1) is 8.97. The van der Waals surface area contributed by atoms with E-state index < -0.39 is 5.97 Å². The Morgan fingerprint density at radius 2 is 2.00 bits per heavy atom. The Morgan fingerprint density at radius 3 is 2.63 bits per heavy atom. The average molecular weight is 294 g/mol. The lowest BCUT2D eigenvalue weighted by Crippen LogP contribution is -2.01. The molecule has 0 aliphatic heterocycles. The Bertz CT molecular complexity index is 643. The molecule has 5 heteroatoms. The number of aryl methyl sites for hydroxylation is 2. The highest BCUT2D eigenvalue weighted by Crippen LogP contribution is 2.30. The standard InChI is InChI=1S/C14H12ClNO2S/c1-8-3-5-11(9(2)7-8)19-12-6-4-10(15)13(16-12)14(17)18/h3-7H,1-2H3,(H,17,18). The van der Waals surface area contributed by atoms with Crippen LogP contribution in [-0.2, 0) is 0 Å². The number of carboxylic acid groups (broad SMARTS) is 1. The Labute approximate surface area is 120 Å². The quantitative estimate of drug-likeness (QED) is 0.921. The zero-order chi connectivity index (χ0) is 14.0. The number of hydrogen-bond donors (Lipinski definition) is 1. The fourth-order valence-electron chi connectivity index (χ4n) is 1.66. The van der Waals surface area contributed by atoms with Crippen LogP contribution in [0.3, 0.4) is 0 Å². The minimum Gasteiger partial charge on any atom is -0.476 e. The smallest absolute Gasteiger partial charge is 0.356 e. The lowest BCUT2D eigenvalue weighted by molar-refractivity contribution is 0.0690. The maximum atomic E-state index is 11.0. The summed E-state index contributed by atoms with van der Waals surface area (Å²) in [6, 6.07) is 9.38. The molecule has 1 heterocycles. The summed E-state index contributed by atoms with van der Waals surface area (Å²) in [5.41, 5.74) is 2.21. The largest absolute Gasteiger partial charge is 0.476 e. The van der Waals surface area contributed by atoms with Crippen molar-refractivity contribution in [2.45, 2.75) is 23.8 Å². The molecule has 0 bridgehead atoms. The van der Waals surface area contributed by atoms with E-state index in [0.29, 0.717) is 5.03 Å². The van der Waals surface area contributed by atoms with Gasteiger partial charge in [-0.3, -0.25) is 0 Å². The first kappa shape index (κ1) is 13.9. The predicted molar refractivity (Wildman–Crippen MR) is 76.2 cm³/mol. The van der Waals surface area contributed by atoms with Crippen LogP contribution in [0.15, 0.2) is 40.3 Å². The summed E-state index contributed by atoms with van der Waals surface area (Å²) in [7, 11) is 0. The fourth-order valence-corrected chi connectivity index (χ4v) is 2.70. The average Bonchev–Trinajstić information content (AvgIpc) is 2.34. The van der Waals surface area contributed by atoms with Gasteiger partial charge in [-0.05, 0) is 37.6 Å². The summed E-state index contributed by atoms with van der Waals surface area (Å²) < 4.78 is 0. The molecule has 2 aromatic rings. The molecule has 0 saturated heterocycles. The van der Waals surface area contributed by atoms with Crippen LogP contribution in [0.25, 0.3) is 0 Å². The van der Waals surface area contributed by atoms with Crippen LogP contribution in [0.1, 0.15) is 21.6 Å². The van der Waals surface area contributed by atoms with E-state index >= 15 is 0 Å². The Hall–Kier alpha value is -1.52. The second-order valence-electron chi connectivity index (χ2n) is 4.16. The van der Waals surface area contributed by atoms with Gasteiger partial charge in [-0.2, -0.15) is 0 Å². The lowest BCUT2D eigenvalue weighted by Gasteiger charge is -2.07. The number of pyridine rings is 1. The molecule has 0 spiro atoms. The van der Waals surface area contributed by atoms with Crippen molar-refractivity contribution >= 4 is 29.3 Å². The van der Waals surface area contributed by atoms with Gasteiger partial charge in [0.25, 0.3) is 0 Å². The van der Waals surface area contributed by atoms with Crippen molar-refractivity contribution in [1.82, 2.24) is 4.98 Å². The number of aromatic carboxylic acids is 1. The van der Waals surface area contributed by atoms with Crippen molar-refractivity contribution in [3.8, 4) is 0 Å². The van der Waals surface area contributed by atoms with Crippen LogP contribution in [0.4, 0.5) is 0 Å². The third kappa shape index (κ3) is 3.28. The Balaban J connectivity index is 2.33. The molecule has 0 aliphatic rings. The van der Waals surface area contributed by atoms with E-state index in [-0.39, 0.29) is 10.7 Å². The van der Waals surface area contributed by atoms with E-state index in [1.54, 1.807) is 12.1 Å². The van der Waals surface area contributed by atoms with Gasteiger partial charge in [-0.1, -0.05) is 41.1 Å². The minimum atomic E-state index is -1.12. The number of hydrogen-bond acceptors (Lipinski definition) is 3. The molecule has 0 unspecified atom stereocenters. The third-order valence-electron chi connectivity index (χ3n) is 2.57. The normalized spacial score (nSPS) is 10.5. The van der Waals surface area contributed by atoms with Gasteiger partial charge in [0.05, 0.1) is 5.02 Å². The number of rotatable bonds is 3. The van der Waals surface area contributed by atoms with Crippen LogP contribution in [0.2, 0.25) is 5.02 Å². The minimum absolute atomic E-state index is 0.114. The van der Waals surface area contributed by atoms with Gasteiger partial charge in [-0.15, -0.1) is 0 Å². The highest BCUT2D eigenvalue weighted by atomic mass is 35.5. The van der Waals surface area contributed by atoms with Crippen molar-refractivity contribution in [2.75, 3.05) is 0 Å². The predicted octanol–water partition coefficient (Wildman–Crippen LogP) is 4.20. The number of benzene rings is 1. The van der Waals surface area contributed by atoms with E-state index in [1.165, 1.54) is 17.3 Å². The molecule has 0 radical (unpaired) electrons. The SMILES string of the molecule is Cc1ccc(Sc2ccc(Cl)c(C(=O)O)n2)c(C)c1. The molecule has 0 fully saturated rings. The van der Waals surface area contributed by atoms with E-state index in [0.717, 1.165) is 10.5 Å². The van der Waals surface area contributed by atoms with Gasteiger partial charge in [0.2, 0.25) is 0 Å². The van der Waals surface area contributed by atoms with Crippen LogP contribution in [0, 0.1) is 13.8 Å². The molecule has 1 N–H and O–H groups in total. The monoisotopic (exact) mass is 293 g/mol. The zero-order valence-corrected chi connectivity index (χ0v) is 12.0. The van der Waals surface area contributed by atoms with Crippen LogP contribution in [-0.4, -0.2) is 16.1 Å². The summed E-state index contributed by atoms with van der Waals surface area (Å²) in [5.74, 6) is -1.12. The summed E-state index contributed by atoms with van der Waals surface area (Å²) in [4.78, 5) is 16.1. The number of carbonyl (C=O) groups is 1. The topological polar surface area (TPSA) is 50.2 Å². The Kier molecular flexibility index (Phi) is 4.12. The molecule has 3 nitrogen and oxygen atoms in total. The van der Waals surface area contributed by atoms with Gasteiger partial charge in [-0.25, -0.2) is 9.78 Å². The van der Waals surface area contributed by atoms with Crippen molar-refractivity contribution < 1.29 is 9.90 Å². The van der Waals surface area contributed by atoms with Crippen molar-refractivity contribution in [2.24, 2.45) is 0 Å². The second kappa shape index (κ2) is 5.63. The molecular formula is C14H12ClNO2S. The second-order valence-corrected chi connectivity index (χ2v) is 5.63. The van der Waals surface area contributed by atoms with E-state index in [1.807, 2.05) is 26.0 Å². The van der Waals surface area contributed by atoms with Gasteiger partial charge < -0.3 is 5.11 Å². The number of halogens is 1. The van der Waals surface area contributed by atoms with Gasteiger partial charge in [0, 0.05) is 4.90 Å². The van der Waals surface area contributed by atoms with Crippen LogP contribution >= 0.6 is 23.4 Å². The van der Waals surface area contributed by atoms with Crippen LogP contribution < -0.4 is 0 Å². The molecule has 0 saturated carbocycles. The molecule has 0 atom stereocenters. The highest BCUT2D eigenvalue weighted by molar-refractivity contribution is 7.99. The maximum Gasteiger partial charge on any atom is 0.356 e. The van der Waals surface area contributed by atoms with Gasteiger partial charge >= 0.3 is 5.97 Å². The first-order valence-electron chi connectivity index (χ1n) is 5.62. The summed E-state index contributed by atoms with van der Waals surface area (Å²) in [6.07, 6.45) is 0. The molecule has 1 aromatic heterocycles. The number of carboxylic acids is 1. The van der Waals surface area contributed by atoms with Crippen molar-refractivity contribution in [3.63, 3.8) is 0 Å². The van der Waals surface area contributed by atoms with Crippen LogP contribution in [0.5, 0.6) is 0 Å². The van der Waals surface area contributed by atoms with Crippen molar-refractivity contribution in [3.05, 3.63) is 52.2 Å². The summed E-state index contributed by atoms with van der Waals surface area (Å²) in [5, 5.41) is 9.76. The molecule has 2 rings (SSSR count). The van der Waals surface area contributed by atoms with E-state index in [2.05, 4.69) is 11.1 Å². The lowest BCUT2D eigenvalue weighted by atomic mass is 10.2. The molecule has 0 amide bonds. The van der Waals surface area contributed by atoms with Gasteiger partial charge in [0.1, 0.15) is 5.03 Å². The molecular weight excluding hydrogens is 282 g/mol. The fraction of sp³-hybridized carbons (Fsp3) is 0.143. The molecule has 0 aliphatic carbocycles. The zero-order valence-electron chi connectivity index (χ0n) is 10.5. The number of aromatic nitrogens is 1.